The molecule has 1 aromatic carbocycles. The summed E-state index contributed by atoms with van der Waals surface area (Å²) in [5.74, 6) is -0.867. The number of carbonyl (C=O) groups is 2. The number of alkyl halides is 1. The van der Waals surface area contributed by atoms with Crippen molar-refractivity contribution in [1.29, 1.82) is 0 Å². The van der Waals surface area contributed by atoms with E-state index in [1.807, 2.05) is 4.90 Å². The highest BCUT2D eigenvalue weighted by atomic mass is 35.5. The second-order valence-corrected chi connectivity index (χ2v) is 8.09. The number of nitrogens with two attached hydrogens (primary N) is 1. The van der Waals surface area contributed by atoms with Gasteiger partial charge in [-0.25, -0.2) is 0 Å². The van der Waals surface area contributed by atoms with Crippen LogP contribution in [0.4, 0.5) is 5.69 Å². The third-order valence-electron chi connectivity index (χ3n) is 3.60. The molecular formula is C17H25ClN2O7S. The lowest BCUT2D eigenvalue weighted by Crippen LogP contribution is -2.30. The van der Waals surface area contributed by atoms with E-state index in [1.165, 1.54) is 0 Å². The molecule has 0 heterocycles. The Balaban J connectivity index is 2.59. The predicted octanol–water partition coefficient (Wildman–Crippen LogP) is 1.20. The molecule has 1 unspecified atom stereocenters. The van der Waals surface area contributed by atoms with Crippen LogP contribution in [0.25, 0.3) is 0 Å². The van der Waals surface area contributed by atoms with Gasteiger partial charge in [0.25, 0.3) is 10.1 Å². The van der Waals surface area contributed by atoms with E-state index in [9.17, 15) is 18.0 Å². The Labute approximate surface area is 169 Å². The second kappa shape index (κ2) is 11.8. The molecule has 0 aromatic heterocycles. The van der Waals surface area contributed by atoms with Gasteiger partial charge in [0.15, 0.2) is 0 Å². The Kier molecular flexibility index (Phi) is 10.2. The minimum absolute atomic E-state index is 0.0132. The topological polar surface area (TPSA) is 136 Å². The number of carbonyl (C=O) groups excluding carboxylic acids is 1. The lowest BCUT2D eigenvalue weighted by molar-refractivity contribution is -0.138. The SMILES string of the molecule is CS(=O)(=O)OCCN(CCCl)c1ccc(OC(=O)CC(N)CCC(=O)O)cc1. The summed E-state index contributed by atoms with van der Waals surface area (Å²) >= 11 is 5.79. The van der Waals surface area contributed by atoms with Crippen LogP contribution >= 0.6 is 11.6 Å². The number of halogens is 1. The maximum atomic E-state index is 11.9. The van der Waals surface area contributed by atoms with Gasteiger partial charge in [-0.3, -0.25) is 13.8 Å². The summed E-state index contributed by atoms with van der Waals surface area (Å²) in [7, 11) is -3.52. The highest BCUT2D eigenvalue weighted by Crippen LogP contribution is 2.20. The van der Waals surface area contributed by atoms with Gasteiger partial charge in [0.2, 0.25) is 0 Å². The number of rotatable bonds is 13. The smallest absolute Gasteiger partial charge is 0.312 e. The number of anilines is 1. The molecule has 0 fully saturated rings. The molecule has 1 aromatic rings. The summed E-state index contributed by atoms with van der Waals surface area (Å²) < 4.78 is 32.0. The maximum absolute atomic E-state index is 11.9. The number of carboxylic acids is 1. The van der Waals surface area contributed by atoms with E-state index in [2.05, 4.69) is 0 Å². The number of esters is 1. The van der Waals surface area contributed by atoms with E-state index < -0.39 is 28.1 Å². The van der Waals surface area contributed by atoms with Crippen LogP contribution in [-0.2, 0) is 23.9 Å². The highest BCUT2D eigenvalue weighted by molar-refractivity contribution is 7.85. The van der Waals surface area contributed by atoms with Crippen molar-refractivity contribution in [2.24, 2.45) is 5.73 Å². The molecule has 158 valence electrons. The zero-order chi connectivity index (χ0) is 21.2. The summed E-state index contributed by atoms with van der Waals surface area (Å²) in [5.41, 5.74) is 6.47. The zero-order valence-electron chi connectivity index (χ0n) is 15.5. The fourth-order valence-corrected chi connectivity index (χ4v) is 2.88. The Morgan fingerprint density at radius 1 is 1.25 bits per heavy atom. The van der Waals surface area contributed by atoms with E-state index in [0.717, 1.165) is 11.9 Å². The van der Waals surface area contributed by atoms with Gasteiger partial charge in [-0.1, -0.05) is 0 Å². The molecule has 0 bridgehead atoms. The van der Waals surface area contributed by atoms with Gasteiger partial charge < -0.3 is 20.5 Å². The number of hydrogen-bond donors (Lipinski definition) is 2. The summed E-state index contributed by atoms with van der Waals surface area (Å²) in [6, 6.07) is 6.01. The molecule has 0 aliphatic heterocycles. The van der Waals surface area contributed by atoms with Crippen molar-refractivity contribution in [3.63, 3.8) is 0 Å². The monoisotopic (exact) mass is 436 g/mol. The summed E-state index contributed by atoms with van der Waals surface area (Å²) in [5, 5.41) is 8.61. The number of hydrogen-bond acceptors (Lipinski definition) is 8. The molecule has 0 amide bonds. The summed E-state index contributed by atoms with van der Waals surface area (Å²) in [4.78, 5) is 24.2. The normalized spacial score (nSPS) is 12.4. The van der Waals surface area contributed by atoms with E-state index in [1.54, 1.807) is 24.3 Å². The molecule has 0 aliphatic rings. The molecule has 0 saturated carbocycles. The summed E-state index contributed by atoms with van der Waals surface area (Å²) in [6.45, 7) is 0.782. The van der Waals surface area contributed by atoms with E-state index >= 15 is 0 Å². The number of aliphatic carboxylic acids is 1. The molecular weight excluding hydrogens is 412 g/mol. The van der Waals surface area contributed by atoms with Crippen LogP contribution in [0, 0.1) is 0 Å². The molecule has 0 aliphatic carbocycles. The Morgan fingerprint density at radius 2 is 1.89 bits per heavy atom. The van der Waals surface area contributed by atoms with Crippen molar-refractivity contribution in [3.05, 3.63) is 24.3 Å². The number of ether oxygens (including phenoxy) is 1. The first-order valence-electron chi connectivity index (χ1n) is 8.54. The van der Waals surface area contributed by atoms with Crippen molar-refractivity contribution in [3.8, 4) is 5.75 Å². The fraction of sp³-hybridized carbons (Fsp3) is 0.529. The van der Waals surface area contributed by atoms with Crippen molar-refractivity contribution < 1.29 is 32.0 Å². The third kappa shape index (κ3) is 10.5. The van der Waals surface area contributed by atoms with Crippen molar-refractivity contribution in [2.75, 3.05) is 36.7 Å². The van der Waals surface area contributed by atoms with Crippen LogP contribution in [0.5, 0.6) is 5.75 Å². The molecule has 1 rings (SSSR count). The van der Waals surface area contributed by atoms with Crippen molar-refractivity contribution >= 4 is 39.3 Å². The minimum atomic E-state index is -3.52. The molecule has 28 heavy (non-hydrogen) atoms. The first-order valence-corrected chi connectivity index (χ1v) is 10.9. The van der Waals surface area contributed by atoms with E-state index in [-0.39, 0.29) is 25.9 Å². The number of nitrogens with zero attached hydrogens (tertiary/aromatic N) is 1. The van der Waals surface area contributed by atoms with Crippen LogP contribution in [-0.4, -0.2) is 63.3 Å². The average Bonchev–Trinajstić information content (AvgIpc) is 2.59. The molecule has 11 heteroatoms. The zero-order valence-corrected chi connectivity index (χ0v) is 17.1. The lowest BCUT2D eigenvalue weighted by Gasteiger charge is -2.23. The van der Waals surface area contributed by atoms with E-state index in [0.29, 0.717) is 24.7 Å². The number of carboxylic acid groups (broad SMARTS) is 1. The largest absolute Gasteiger partial charge is 0.481 e. The van der Waals surface area contributed by atoms with Gasteiger partial charge in [-0.15, -0.1) is 11.6 Å². The molecule has 1 atom stereocenters. The van der Waals surface area contributed by atoms with Gasteiger partial charge in [-0.05, 0) is 30.7 Å². The Hall–Kier alpha value is -1.88. The molecule has 9 nitrogen and oxygen atoms in total. The lowest BCUT2D eigenvalue weighted by atomic mass is 10.1. The first kappa shape index (κ1) is 24.2. The van der Waals surface area contributed by atoms with Crippen LogP contribution in [0.1, 0.15) is 19.3 Å². The average molecular weight is 437 g/mol. The predicted molar refractivity (Wildman–Crippen MR) is 105 cm³/mol. The van der Waals surface area contributed by atoms with Crippen LogP contribution < -0.4 is 15.4 Å². The fourth-order valence-electron chi connectivity index (χ4n) is 2.29. The molecule has 3 N–H and O–H groups in total. The Bertz CT molecular complexity index is 740. The standard InChI is InChI=1S/C17H25ClN2O7S/c1-28(24,25)26-11-10-20(9-8-18)14-3-5-15(6-4-14)27-17(23)12-13(19)2-7-16(21)22/h3-6,13H,2,7-12,19H2,1H3,(H,21,22). The molecule has 0 radical (unpaired) electrons. The second-order valence-electron chi connectivity index (χ2n) is 6.07. The minimum Gasteiger partial charge on any atom is -0.481 e. The van der Waals surface area contributed by atoms with Crippen molar-refractivity contribution in [1.82, 2.24) is 0 Å². The Morgan fingerprint density at radius 3 is 2.43 bits per heavy atom. The molecule has 0 saturated heterocycles. The van der Waals surface area contributed by atoms with Crippen molar-refractivity contribution in [2.45, 2.75) is 25.3 Å². The van der Waals surface area contributed by atoms with Crippen LogP contribution in [0.15, 0.2) is 24.3 Å². The van der Waals surface area contributed by atoms with Crippen LogP contribution in [0.3, 0.4) is 0 Å². The molecule has 0 spiro atoms. The van der Waals surface area contributed by atoms with Crippen LogP contribution in [0.2, 0.25) is 0 Å². The van der Waals surface area contributed by atoms with Gasteiger partial charge in [-0.2, -0.15) is 8.42 Å². The summed E-state index contributed by atoms with van der Waals surface area (Å²) in [6.07, 6.45) is 0.973. The number of benzene rings is 1. The highest BCUT2D eigenvalue weighted by Gasteiger charge is 2.14. The first-order chi connectivity index (χ1) is 13.1. The van der Waals surface area contributed by atoms with Gasteiger partial charge in [0, 0.05) is 37.1 Å². The maximum Gasteiger partial charge on any atom is 0.312 e. The third-order valence-corrected chi connectivity index (χ3v) is 4.37. The van der Waals surface area contributed by atoms with Gasteiger partial charge in [0.05, 0.1) is 19.3 Å². The van der Waals surface area contributed by atoms with Gasteiger partial charge in [0.1, 0.15) is 5.75 Å². The van der Waals surface area contributed by atoms with Gasteiger partial charge >= 0.3 is 11.9 Å². The van der Waals surface area contributed by atoms with E-state index in [4.69, 9.17) is 31.4 Å². The quantitative estimate of drug-likeness (QED) is 0.202.